The summed E-state index contributed by atoms with van der Waals surface area (Å²) in [5.41, 5.74) is 6.72. The Hall–Kier alpha value is -2.17. The summed E-state index contributed by atoms with van der Waals surface area (Å²) < 4.78 is 10.1. The van der Waals surface area contributed by atoms with E-state index in [9.17, 15) is 4.79 Å². The molecule has 0 aliphatic heterocycles. The number of carboxylic acids is 1. The predicted molar refractivity (Wildman–Crippen MR) is 60.6 cm³/mol. The second-order valence-electron chi connectivity index (χ2n) is 2.98. The number of hydrogen-bond acceptors (Lipinski definition) is 4. The van der Waals surface area contributed by atoms with E-state index in [0.29, 0.717) is 22.7 Å². The SMILES string of the molecule is COc1ccc(C=CC(=O)O)c(N)c1OC. The minimum absolute atomic E-state index is 0.347. The van der Waals surface area contributed by atoms with Crippen molar-refractivity contribution in [2.45, 2.75) is 0 Å². The second-order valence-corrected chi connectivity index (χ2v) is 2.98. The first kappa shape index (κ1) is 11.9. The van der Waals surface area contributed by atoms with E-state index in [-0.39, 0.29) is 0 Å². The van der Waals surface area contributed by atoms with Gasteiger partial charge in [0.2, 0.25) is 0 Å². The highest BCUT2D eigenvalue weighted by molar-refractivity contribution is 5.87. The average Bonchev–Trinajstić information content (AvgIpc) is 2.26. The number of carboxylic acid groups (broad SMARTS) is 1. The highest BCUT2D eigenvalue weighted by Crippen LogP contribution is 2.35. The van der Waals surface area contributed by atoms with Crippen molar-refractivity contribution in [1.29, 1.82) is 0 Å². The molecule has 0 fully saturated rings. The molecule has 1 aromatic rings. The number of nitrogen functional groups attached to an aromatic ring is 1. The maximum absolute atomic E-state index is 10.4. The standard InChI is InChI=1S/C11H13NO4/c1-15-8-5-3-7(4-6-9(13)14)10(12)11(8)16-2/h3-6H,12H2,1-2H3,(H,13,14). The number of rotatable bonds is 4. The molecule has 0 amide bonds. The largest absolute Gasteiger partial charge is 0.493 e. The van der Waals surface area contributed by atoms with Crippen LogP contribution in [0.15, 0.2) is 18.2 Å². The molecule has 0 aliphatic carbocycles. The van der Waals surface area contributed by atoms with Gasteiger partial charge in [0, 0.05) is 11.6 Å². The summed E-state index contributed by atoms with van der Waals surface area (Å²) in [6, 6.07) is 3.33. The quantitative estimate of drug-likeness (QED) is 0.595. The molecule has 0 aromatic heterocycles. The number of hydrogen-bond donors (Lipinski definition) is 2. The average molecular weight is 223 g/mol. The maximum atomic E-state index is 10.4. The first-order valence-electron chi connectivity index (χ1n) is 4.51. The molecule has 1 rings (SSSR count). The van der Waals surface area contributed by atoms with Crippen LogP contribution in [0.5, 0.6) is 11.5 Å². The third kappa shape index (κ3) is 2.44. The van der Waals surface area contributed by atoms with Crippen LogP contribution in [0.25, 0.3) is 6.08 Å². The van der Waals surface area contributed by atoms with Crippen LogP contribution in [0.1, 0.15) is 5.56 Å². The Morgan fingerprint density at radius 2 is 2.06 bits per heavy atom. The van der Waals surface area contributed by atoms with Crippen molar-refractivity contribution in [3.05, 3.63) is 23.8 Å². The number of methoxy groups -OCH3 is 2. The summed E-state index contributed by atoms with van der Waals surface area (Å²) in [6.45, 7) is 0. The van der Waals surface area contributed by atoms with E-state index < -0.39 is 5.97 Å². The van der Waals surface area contributed by atoms with Crippen LogP contribution < -0.4 is 15.2 Å². The van der Waals surface area contributed by atoms with Gasteiger partial charge in [-0.2, -0.15) is 0 Å². The van der Waals surface area contributed by atoms with Crippen molar-refractivity contribution in [1.82, 2.24) is 0 Å². The van der Waals surface area contributed by atoms with Crippen LogP contribution >= 0.6 is 0 Å². The topological polar surface area (TPSA) is 81.8 Å². The molecular formula is C11H13NO4. The molecule has 0 unspecified atom stereocenters. The zero-order valence-corrected chi connectivity index (χ0v) is 9.06. The summed E-state index contributed by atoms with van der Waals surface area (Å²) in [5.74, 6) is -0.128. The lowest BCUT2D eigenvalue weighted by atomic mass is 10.1. The molecule has 0 aliphatic rings. The predicted octanol–water partition coefficient (Wildman–Crippen LogP) is 1.38. The Kier molecular flexibility index (Phi) is 3.77. The van der Waals surface area contributed by atoms with Crippen LogP contribution in [0.2, 0.25) is 0 Å². The van der Waals surface area contributed by atoms with Crippen LogP contribution in [-0.2, 0) is 4.79 Å². The lowest BCUT2D eigenvalue weighted by Gasteiger charge is -2.11. The van der Waals surface area contributed by atoms with Crippen molar-refractivity contribution in [3.63, 3.8) is 0 Å². The molecule has 0 spiro atoms. The summed E-state index contributed by atoms with van der Waals surface area (Å²) in [4.78, 5) is 10.4. The second kappa shape index (κ2) is 5.06. The zero-order chi connectivity index (χ0) is 12.1. The van der Waals surface area contributed by atoms with Gasteiger partial charge in [-0.15, -0.1) is 0 Å². The van der Waals surface area contributed by atoms with Crippen LogP contribution in [-0.4, -0.2) is 25.3 Å². The lowest BCUT2D eigenvalue weighted by molar-refractivity contribution is -0.131. The van der Waals surface area contributed by atoms with E-state index in [2.05, 4.69) is 0 Å². The molecule has 0 bridgehead atoms. The third-order valence-corrected chi connectivity index (χ3v) is 2.02. The fourth-order valence-electron chi connectivity index (χ4n) is 1.27. The van der Waals surface area contributed by atoms with Gasteiger partial charge in [-0.1, -0.05) is 0 Å². The molecule has 3 N–H and O–H groups in total. The Bertz CT molecular complexity index is 426. The Morgan fingerprint density at radius 1 is 1.38 bits per heavy atom. The Morgan fingerprint density at radius 3 is 2.56 bits per heavy atom. The van der Waals surface area contributed by atoms with Crippen LogP contribution in [0.3, 0.4) is 0 Å². The van der Waals surface area contributed by atoms with Gasteiger partial charge < -0.3 is 20.3 Å². The van der Waals surface area contributed by atoms with Crippen LogP contribution in [0.4, 0.5) is 5.69 Å². The van der Waals surface area contributed by atoms with Crippen molar-refractivity contribution in [2.24, 2.45) is 0 Å². The molecule has 0 atom stereocenters. The van der Waals surface area contributed by atoms with E-state index in [4.69, 9.17) is 20.3 Å². The van der Waals surface area contributed by atoms with Gasteiger partial charge in [-0.05, 0) is 18.2 Å². The molecule has 86 valence electrons. The first-order chi connectivity index (χ1) is 7.60. The molecule has 0 saturated heterocycles. The molecule has 0 saturated carbocycles. The lowest BCUT2D eigenvalue weighted by Crippen LogP contribution is -1.98. The van der Waals surface area contributed by atoms with Gasteiger partial charge in [0.05, 0.1) is 19.9 Å². The summed E-state index contributed by atoms with van der Waals surface area (Å²) in [6.07, 6.45) is 2.41. The molecule has 16 heavy (non-hydrogen) atoms. The van der Waals surface area contributed by atoms with E-state index >= 15 is 0 Å². The normalized spacial score (nSPS) is 10.4. The van der Waals surface area contributed by atoms with Crippen molar-refractivity contribution < 1.29 is 19.4 Å². The van der Waals surface area contributed by atoms with Gasteiger partial charge in [-0.3, -0.25) is 0 Å². The molecule has 0 heterocycles. The zero-order valence-electron chi connectivity index (χ0n) is 9.06. The van der Waals surface area contributed by atoms with Gasteiger partial charge in [0.1, 0.15) is 0 Å². The van der Waals surface area contributed by atoms with E-state index in [1.54, 1.807) is 12.1 Å². The number of anilines is 1. The number of carbonyl (C=O) groups is 1. The monoisotopic (exact) mass is 223 g/mol. The highest BCUT2D eigenvalue weighted by atomic mass is 16.5. The van der Waals surface area contributed by atoms with E-state index in [1.165, 1.54) is 20.3 Å². The molecule has 1 aromatic carbocycles. The molecule has 0 radical (unpaired) electrons. The number of aliphatic carboxylic acids is 1. The fourth-order valence-corrected chi connectivity index (χ4v) is 1.27. The van der Waals surface area contributed by atoms with E-state index in [0.717, 1.165) is 6.08 Å². The Balaban J connectivity index is 3.18. The molecule has 5 nitrogen and oxygen atoms in total. The summed E-state index contributed by atoms with van der Waals surface area (Å²) in [5, 5.41) is 8.51. The van der Waals surface area contributed by atoms with Crippen molar-refractivity contribution in [3.8, 4) is 11.5 Å². The van der Waals surface area contributed by atoms with Gasteiger partial charge in [0.25, 0.3) is 0 Å². The van der Waals surface area contributed by atoms with Crippen molar-refractivity contribution in [2.75, 3.05) is 20.0 Å². The summed E-state index contributed by atoms with van der Waals surface area (Å²) >= 11 is 0. The maximum Gasteiger partial charge on any atom is 0.328 e. The number of nitrogens with two attached hydrogens (primary N) is 1. The molecule has 5 heteroatoms. The number of ether oxygens (including phenoxy) is 2. The smallest absolute Gasteiger partial charge is 0.328 e. The minimum atomic E-state index is -1.03. The minimum Gasteiger partial charge on any atom is -0.493 e. The highest BCUT2D eigenvalue weighted by Gasteiger charge is 2.10. The summed E-state index contributed by atoms with van der Waals surface area (Å²) in [7, 11) is 2.98. The van der Waals surface area contributed by atoms with E-state index in [1.807, 2.05) is 0 Å². The Labute approximate surface area is 93.1 Å². The van der Waals surface area contributed by atoms with Gasteiger partial charge in [0.15, 0.2) is 11.5 Å². The van der Waals surface area contributed by atoms with Crippen LogP contribution in [0, 0.1) is 0 Å². The number of benzene rings is 1. The van der Waals surface area contributed by atoms with Gasteiger partial charge in [-0.25, -0.2) is 4.79 Å². The first-order valence-corrected chi connectivity index (χ1v) is 4.51. The van der Waals surface area contributed by atoms with Gasteiger partial charge >= 0.3 is 5.97 Å². The molecular weight excluding hydrogens is 210 g/mol. The fraction of sp³-hybridized carbons (Fsp3) is 0.182. The third-order valence-electron chi connectivity index (χ3n) is 2.02. The van der Waals surface area contributed by atoms with Crippen molar-refractivity contribution >= 4 is 17.7 Å².